The van der Waals surface area contributed by atoms with Gasteiger partial charge in [0.15, 0.2) is 0 Å². The van der Waals surface area contributed by atoms with Crippen molar-refractivity contribution in [1.82, 2.24) is 5.32 Å². The molecule has 26 heavy (non-hydrogen) atoms. The number of phenols is 1. The van der Waals surface area contributed by atoms with E-state index < -0.39 is 23.7 Å². The molecule has 6 nitrogen and oxygen atoms in total. The number of phenolic OH excluding ortho intramolecular Hbond substituents is 1. The van der Waals surface area contributed by atoms with Gasteiger partial charge in [0.1, 0.15) is 17.4 Å². The highest BCUT2D eigenvalue weighted by atomic mass is 35.5. The molecule has 0 aliphatic carbocycles. The second kappa shape index (κ2) is 10.1. The van der Waals surface area contributed by atoms with Crippen LogP contribution in [0.5, 0.6) is 5.75 Å². The maximum Gasteiger partial charge on any atom is 0.408 e. The van der Waals surface area contributed by atoms with Crippen LogP contribution in [0.25, 0.3) is 6.08 Å². The van der Waals surface area contributed by atoms with Crippen molar-refractivity contribution in [2.45, 2.75) is 58.1 Å². The van der Waals surface area contributed by atoms with E-state index >= 15 is 0 Å². The second-order valence-electron chi connectivity index (χ2n) is 6.93. The van der Waals surface area contributed by atoms with Gasteiger partial charge in [-0.15, -0.1) is 0 Å². The molecule has 0 spiro atoms. The highest BCUT2D eigenvalue weighted by Crippen LogP contribution is 2.23. The van der Waals surface area contributed by atoms with E-state index in [4.69, 9.17) is 16.3 Å². The summed E-state index contributed by atoms with van der Waals surface area (Å²) < 4.78 is 5.07. The van der Waals surface area contributed by atoms with Crippen LogP contribution in [-0.2, 0) is 9.53 Å². The first-order valence-corrected chi connectivity index (χ1v) is 8.83. The van der Waals surface area contributed by atoms with Gasteiger partial charge in [0.25, 0.3) is 0 Å². The zero-order valence-corrected chi connectivity index (χ0v) is 16.0. The molecular formula is C19H26ClNO5. The van der Waals surface area contributed by atoms with Gasteiger partial charge in [-0.2, -0.15) is 0 Å². The minimum absolute atomic E-state index is 0.151. The van der Waals surface area contributed by atoms with Crippen molar-refractivity contribution in [2.75, 3.05) is 0 Å². The molecule has 0 aliphatic heterocycles. The lowest BCUT2D eigenvalue weighted by Crippen LogP contribution is -2.43. The molecule has 0 heterocycles. The Kier molecular flexibility index (Phi) is 8.45. The number of carbonyl (C=O) groups is 2. The Balaban J connectivity index is 2.39. The number of nitrogens with one attached hydrogen (secondary N) is 1. The van der Waals surface area contributed by atoms with Crippen molar-refractivity contribution in [2.24, 2.45) is 0 Å². The van der Waals surface area contributed by atoms with Crippen LogP contribution in [-0.4, -0.2) is 33.9 Å². The quantitative estimate of drug-likeness (QED) is 0.570. The van der Waals surface area contributed by atoms with Crippen LogP contribution in [0.1, 0.15) is 52.0 Å². The number of amides is 1. The van der Waals surface area contributed by atoms with Crippen molar-refractivity contribution in [3.63, 3.8) is 0 Å². The van der Waals surface area contributed by atoms with Gasteiger partial charge < -0.3 is 20.3 Å². The van der Waals surface area contributed by atoms with E-state index in [9.17, 15) is 19.8 Å². The molecule has 1 atom stereocenters. The van der Waals surface area contributed by atoms with Crippen molar-refractivity contribution in [3.05, 3.63) is 34.9 Å². The Morgan fingerprint density at radius 3 is 2.62 bits per heavy atom. The average Bonchev–Trinajstić information content (AvgIpc) is 2.50. The molecule has 7 heteroatoms. The van der Waals surface area contributed by atoms with Gasteiger partial charge >= 0.3 is 12.1 Å². The number of alkyl carbamates (subject to hydrolysis) is 1. The normalized spacial score (nSPS) is 12.8. The molecule has 1 aromatic rings. The minimum atomic E-state index is -1.09. The van der Waals surface area contributed by atoms with Crippen LogP contribution in [0.15, 0.2) is 24.3 Å². The Hall–Kier alpha value is -2.21. The number of halogens is 1. The van der Waals surface area contributed by atoms with Crippen LogP contribution >= 0.6 is 11.6 Å². The number of hydrogen-bond donors (Lipinski definition) is 3. The van der Waals surface area contributed by atoms with Crippen molar-refractivity contribution in [1.29, 1.82) is 0 Å². The monoisotopic (exact) mass is 383 g/mol. The maximum absolute atomic E-state index is 11.7. The van der Waals surface area contributed by atoms with E-state index in [-0.39, 0.29) is 5.75 Å². The van der Waals surface area contributed by atoms with Crippen LogP contribution in [0.2, 0.25) is 5.02 Å². The first kappa shape index (κ1) is 21.8. The molecular weight excluding hydrogens is 358 g/mol. The molecule has 0 saturated heterocycles. The van der Waals surface area contributed by atoms with Crippen molar-refractivity contribution < 1.29 is 24.5 Å². The van der Waals surface area contributed by atoms with Crippen LogP contribution in [0, 0.1) is 0 Å². The van der Waals surface area contributed by atoms with E-state index in [1.54, 1.807) is 39.0 Å². The van der Waals surface area contributed by atoms with E-state index in [0.29, 0.717) is 29.8 Å². The van der Waals surface area contributed by atoms with E-state index in [0.717, 1.165) is 6.42 Å². The van der Waals surface area contributed by atoms with Crippen LogP contribution in [0.4, 0.5) is 4.79 Å². The summed E-state index contributed by atoms with van der Waals surface area (Å²) >= 11 is 5.88. The molecule has 0 aromatic heterocycles. The predicted molar refractivity (Wildman–Crippen MR) is 101 cm³/mol. The van der Waals surface area contributed by atoms with Gasteiger partial charge in [-0.3, -0.25) is 0 Å². The number of allylic oxidation sites excluding steroid dienone is 1. The molecule has 0 fully saturated rings. The Bertz CT molecular complexity index is 652. The molecule has 1 amide bonds. The number of hydrogen-bond acceptors (Lipinski definition) is 4. The van der Waals surface area contributed by atoms with Gasteiger partial charge in [-0.1, -0.05) is 30.2 Å². The molecule has 0 saturated carbocycles. The lowest BCUT2D eigenvalue weighted by atomic mass is 10.1. The molecule has 0 unspecified atom stereocenters. The summed E-state index contributed by atoms with van der Waals surface area (Å²) in [5, 5.41) is 21.8. The fourth-order valence-electron chi connectivity index (χ4n) is 2.19. The number of carboxylic acids is 1. The summed E-state index contributed by atoms with van der Waals surface area (Å²) in [7, 11) is 0. The van der Waals surface area contributed by atoms with Crippen molar-refractivity contribution in [3.8, 4) is 5.75 Å². The van der Waals surface area contributed by atoms with E-state index in [1.807, 2.05) is 6.08 Å². The van der Waals surface area contributed by atoms with E-state index in [1.165, 1.54) is 6.07 Å². The summed E-state index contributed by atoms with van der Waals surface area (Å²) in [4.78, 5) is 22.9. The fourth-order valence-corrected chi connectivity index (χ4v) is 2.37. The number of aliphatic carboxylic acids is 1. The SMILES string of the molecule is CC(C)(C)OC(=O)N[C@@H](CCCC/C=C/c1cc(Cl)ccc1O)C(=O)O. The molecule has 1 rings (SSSR count). The number of aromatic hydroxyl groups is 1. The van der Waals surface area contributed by atoms with Gasteiger partial charge in [-0.05, 0) is 58.2 Å². The second-order valence-corrected chi connectivity index (χ2v) is 7.36. The number of unbranched alkanes of at least 4 members (excludes halogenated alkanes) is 2. The average molecular weight is 384 g/mol. The number of carbonyl (C=O) groups excluding carboxylic acids is 1. The van der Waals surface area contributed by atoms with Gasteiger partial charge in [0.05, 0.1) is 0 Å². The molecule has 3 N–H and O–H groups in total. The van der Waals surface area contributed by atoms with Crippen LogP contribution < -0.4 is 5.32 Å². The van der Waals surface area contributed by atoms with E-state index in [2.05, 4.69) is 5.32 Å². The fraction of sp³-hybridized carbons (Fsp3) is 0.474. The van der Waals surface area contributed by atoms with Crippen molar-refractivity contribution >= 4 is 29.7 Å². The topological polar surface area (TPSA) is 95.9 Å². The molecule has 0 bridgehead atoms. The highest BCUT2D eigenvalue weighted by molar-refractivity contribution is 6.30. The largest absolute Gasteiger partial charge is 0.507 e. The number of carboxylic acid groups (broad SMARTS) is 1. The third kappa shape index (κ3) is 8.76. The van der Waals surface area contributed by atoms with Gasteiger partial charge in [0, 0.05) is 10.6 Å². The van der Waals surface area contributed by atoms with Crippen LogP contribution in [0.3, 0.4) is 0 Å². The molecule has 144 valence electrons. The van der Waals surface area contributed by atoms with Gasteiger partial charge in [0.2, 0.25) is 0 Å². The third-order valence-corrected chi connectivity index (χ3v) is 3.62. The summed E-state index contributed by atoms with van der Waals surface area (Å²) in [5.74, 6) is -0.937. The first-order chi connectivity index (χ1) is 12.1. The molecule has 0 aliphatic rings. The maximum atomic E-state index is 11.7. The Morgan fingerprint density at radius 1 is 1.31 bits per heavy atom. The zero-order valence-electron chi connectivity index (χ0n) is 15.3. The lowest BCUT2D eigenvalue weighted by molar-refractivity contribution is -0.139. The third-order valence-electron chi connectivity index (χ3n) is 3.39. The highest BCUT2D eigenvalue weighted by Gasteiger charge is 2.23. The number of ether oxygens (including phenoxy) is 1. The predicted octanol–water partition coefficient (Wildman–Crippen LogP) is 4.60. The Labute approximate surface area is 158 Å². The van der Waals surface area contributed by atoms with Gasteiger partial charge in [-0.25, -0.2) is 9.59 Å². The minimum Gasteiger partial charge on any atom is -0.507 e. The zero-order chi connectivity index (χ0) is 19.7. The molecule has 0 radical (unpaired) electrons. The molecule has 1 aromatic carbocycles. The smallest absolute Gasteiger partial charge is 0.408 e. The summed E-state index contributed by atoms with van der Waals surface area (Å²) in [6.07, 6.45) is 5.32. The standard InChI is InChI=1S/C19H26ClNO5/c1-19(2,3)26-18(25)21-15(17(23)24)9-7-5-4-6-8-13-12-14(20)10-11-16(13)22/h6,8,10-12,15,22H,4-5,7,9H2,1-3H3,(H,21,25)(H,23,24)/b8-6+/t15-/m0/s1. The lowest BCUT2D eigenvalue weighted by Gasteiger charge is -2.21. The first-order valence-electron chi connectivity index (χ1n) is 8.46. The summed E-state index contributed by atoms with van der Waals surface area (Å²) in [6, 6.07) is 3.82. The Morgan fingerprint density at radius 2 is 2.00 bits per heavy atom. The summed E-state index contributed by atoms with van der Waals surface area (Å²) in [6.45, 7) is 5.14. The number of benzene rings is 1. The summed E-state index contributed by atoms with van der Waals surface area (Å²) in [5.41, 5.74) is -0.0448. The number of rotatable bonds is 8.